The van der Waals surface area contributed by atoms with Crippen molar-refractivity contribution in [3.63, 3.8) is 0 Å². The maximum Gasteiger partial charge on any atom is 0.258 e. The molecule has 0 saturated carbocycles. The maximum absolute atomic E-state index is 12.5. The van der Waals surface area contributed by atoms with Gasteiger partial charge in [-0.3, -0.25) is 9.59 Å². The van der Waals surface area contributed by atoms with Crippen LogP contribution in [0.4, 0.5) is 0 Å². The summed E-state index contributed by atoms with van der Waals surface area (Å²) in [6.07, 6.45) is 2.64. The molecule has 1 heterocycles. The normalized spacial score (nSPS) is 15.6. The fraction of sp³-hybridized carbons (Fsp3) is 0.600. The third-order valence-electron chi connectivity index (χ3n) is 4.83. The standard InChI is InChI=1S/C20H31N3O6S/c1-14(2)22-19(24)13-29-17-6-5-16(11-18(17)28-3)20(25)21-12-15-7-9-23(10-8-15)30(4,26)27/h5-6,11,14-15H,7-10,12-13H2,1-4H3,(H,21,25)(H,22,24). The summed E-state index contributed by atoms with van der Waals surface area (Å²) in [4.78, 5) is 24.2. The minimum Gasteiger partial charge on any atom is -0.493 e. The first kappa shape index (κ1) is 23.9. The van der Waals surface area contributed by atoms with Crippen molar-refractivity contribution in [1.29, 1.82) is 0 Å². The van der Waals surface area contributed by atoms with Crippen LogP contribution in [0.3, 0.4) is 0 Å². The Hall–Kier alpha value is -2.33. The Balaban J connectivity index is 1.88. The highest BCUT2D eigenvalue weighted by molar-refractivity contribution is 7.88. The summed E-state index contributed by atoms with van der Waals surface area (Å²) in [6, 6.07) is 4.80. The quantitative estimate of drug-likeness (QED) is 0.591. The molecule has 1 aliphatic heterocycles. The van der Waals surface area contributed by atoms with Crippen molar-refractivity contribution in [3.8, 4) is 11.5 Å². The number of nitrogens with zero attached hydrogens (tertiary/aromatic N) is 1. The van der Waals surface area contributed by atoms with E-state index >= 15 is 0 Å². The molecule has 0 aromatic heterocycles. The summed E-state index contributed by atoms with van der Waals surface area (Å²) in [6.45, 7) is 5.01. The number of sulfonamides is 1. The first-order chi connectivity index (χ1) is 14.1. The third-order valence-corrected chi connectivity index (χ3v) is 6.13. The van der Waals surface area contributed by atoms with Gasteiger partial charge in [-0.2, -0.15) is 0 Å². The number of benzene rings is 1. The number of hydrogen-bond acceptors (Lipinski definition) is 6. The zero-order valence-electron chi connectivity index (χ0n) is 17.9. The molecular formula is C20H31N3O6S. The highest BCUT2D eigenvalue weighted by Gasteiger charge is 2.25. The lowest BCUT2D eigenvalue weighted by Gasteiger charge is -2.30. The van der Waals surface area contributed by atoms with Crippen LogP contribution < -0.4 is 20.1 Å². The van der Waals surface area contributed by atoms with Gasteiger partial charge in [0.05, 0.1) is 13.4 Å². The van der Waals surface area contributed by atoms with Gasteiger partial charge < -0.3 is 20.1 Å². The van der Waals surface area contributed by atoms with E-state index in [0.29, 0.717) is 49.5 Å². The molecule has 9 nitrogen and oxygen atoms in total. The molecule has 2 amide bonds. The Morgan fingerprint density at radius 2 is 1.87 bits per heavy atom. The molecule has 10 heteroatoms. The van der Waals surface area contributed by atoms with Gasteiger partial charge >= 0.3 is 0 Å². The number of nitrogens with one attached hydrogen (secondary N) is 2. The van der Waals surface area contributed by atoms with Crippen LogP contribution in [0.5, 0.6) is 11.5 Å². The average molecular weight is 442 g/mol. The van der Waals surface area contributed by atoms with Gasteiger partial charge in [-0.25, -0.2) is 12.7 Å². The Labute approximate surface area is 178 Å². The van der Waals surface area contributed by atoms with Gasteiger partial charge in [0.15, 0.2) is 18.1 Å². The highest BCUT2D eigenvalue weighted by atomic mass is 32.2. The Morgan fingerprint density at radius 3 is 2.43 bits per heavy atom. The van der Waals surface area contributed by atoms with Crippen LogP contribution in [0.1, 0.15) is 37.0 Å². The minimum absolute atomic E-state index is 0.0210. The average Bonchev–Trinajstić information content (AvgIpc) is 2.69. The number of hydrogen-bond donors (Lipinski definition) is 2. The van der Waals surface area contributed by atoms with Crippen molar-refractivity contribution in [2.24, 2.45) is 5.92 Å². The number of rotatable bonds is 9. The number of ether oxygens (including phenoxy) is 2. The summed E-state index contributed by atoms with van der Waals surface area (Å²) in [5.41, 5.74) is 0.416. The van der Waals surface area contributed by atoms with Crippen LogP contribution in [0, 0.1) is 5.92 Å². The van der Waals surface area contributed by atoms with Crippen molar-refractivity contribution in [3.05, 3.63) is 23.8 Å². The summed E-state index contributed by atoms with van der Waals surface area (Å²) >= 11 is 0. The molecule has 1 aromatic carbocycles. The molecule has 0 bridgehead atoms. The molecule has 1 aromatic rings. The first-order valence-corrected chi connectivity index (χ1v) is 11.8. The highest BCUT2D eigenvalue weighted by Crippen LogP contribution is 2.28. The number of amides is 2. The molecule has 1 aliphatic rings. The second kappa shape index (κ2) is 10.6. The van der Waals surface area contributed by atoms with Gasteiger partial charge in [0.2, 0.25) is 10.0 Å². The van der Waals surface area contributed by atoms with Crippen LogP contribution in [0.15, 0.2) is 18.2 Å². The molecular weight excluding hydrogens is 410 g/mol. The van der Waals surface area contributed by atoms with Gasteiger partial charge in [0.1, 0.15) is 0 Å². The van der Waals surface area contributed by atoms with E-state index in [1.54, 1.807) is 18.2 Å². The fourth-order valence-electron chi connectivity index (χ4n) is 3.22. The lowest BCUT2D eigenvalue weighted by atomic mass is 9.98. The number of methoxy groups -OCH3 is 1. The van der Waals surface area contributed by atoms with Gasteiger partial charge in [-0.1, -0.05) is 0 Å². The molecule has 1 saturated heterocycles. The van der Waals surface area contributed by atoms with Crippen molar-refractivity contribution in [1.82, 2.24) is 14.9 Å². The molecule has 0 spiro atoms. The van der Waals surface area contributed by atoms with Gasteiger partial charge in [-0.15, -0.1) is 0 Å². The van der Waals surface area contributed by atoms with Crippen LogP contribution in [-0.2, 0) is 14.8 Å². The number of carbonyl (C=O) groups excluding carboxylic acids is 2. The molecule has 30 heavy (non-hydrogen) atoms. The largest absolute Gasteiger partial charge is 0.493 e. The first-order valence-electron chi connectivity index (χ1n) is 9.93. The summed E-state index contributed by atoms with van der Waals surface area (Å²) in [7, 11) is -1.69. The molecule has 0 unspecified atom stereocenters. The molecule has 2 N–H and O–H groups in total. The van der Waals surface area contributed by atoms with Crippen molar-refractivity contribution < 1.29 is 27.5 Å². The van der Waals surface area contributed by atoms with E-state index in [4.69, 9.17) is 9.47 Å². The van der Waals surface area contributed by atoms with E-state index in [1.807, 2.05) is 13.8 Å². The number of piperidine rings is 1. The van der Waals surface area contributed by atoms with Gasteiger partial charge in [0, 0.05) is 31.2 Å². The predicted octanol–water partition coefficient (Wildman–Crippen LogP) is 1.00. The van der Waals surface area contributed by atoms with E-state index in [0.717, 1.165) is 0 Å². The molecule has 2 rings (SSSR count). The van der Waals surface area contributed by atoms with Crippen LogP contribution in [0.25, 0.3) is 0 Å². The summed E-state index contributed by atoms with van der Waals surface area (Å²) < 4.78 is 35.4. The molecule has 0 aliphatic carbocycles. The van der Waals surface area contributed by atoms with E-state index in [-0.39, 0.29) is 30.4 Å². The van der Waals surface area contributed by atoms with Crippen molar-refractivity contribution >= 4 is 21.8 Å². The summed E-state index contributed by atoms with van der Waals surface area (Å²) in [5, 5.41) is 5.63. The predicted molar refractivity (Wildman–Crippen MR) is 113 cm³/mol. The lowest BCUT2D eigenvalue weighted by Crippen LogP contribution is -2.41. The third kappa shape index (κ3) is 7.17. The van der Waals surface area contributed by atoms with Crippen LogP contribution in [0.2, 0.25) is 0 Å². The molecule has 1 fully saturated rings. The van der Waals surface area contributed by atoms with Crippen molar-refractivity contribution in [2.75, 3.05) is 39.6 Å². The lowest BCUT2D eigenvalue weighted by molar-refractivity contribution is -0.123. The van der Waals surface area contributed by atoms with E-state index < -0.39 is 10.0 Å². The van der Waals surface area contributed by atoms with Crippen LogP contribution >= 0.6 is 0 Å². The topological polar surface area (TPSA) is 114 Å². The maximum atomic E-state index is 12.5. The molecule has 168 valence electrons. The zero-order valence-corrected chi connectivity index (χ0v) is 18.8. The summed E-state index contributed by atoms with van der Waals surface area (Å²) in [5.74, 6) is 0.484. The Morgan fingerprint density at radius 1 is 1.20 bits per heavy atom. The van der Waals surface area contributed by atoms with E-state index in [9.17, 15) is 18.0 Å². The minimum atomic E-state index is -3.16. The van der Waals surface area contributed by atoms with E-state index in [1.165, 1.54) is 17.7 Å². The van der Waals surface area contributed by atoms with Gasteiger partial charge in [-0.05, 0) is 50.8 Å². The second-order valence-corrected chi connectivity index (χ2v) is 9.67. The van der Waals surface area contributed by atoms with Gasteiger partial charge in [0.25, 0.3) is 11.8 Å². The van der Waals surface area contributed by atoms with E-state index in [2.05, 4.69) is 10.6 Å². The fourth-order valence-corrected chi connectivity index (χ4v) is 4.09. The second-order valence-electron chi connectivity index (χ2n) is 7.69. The Kier molecular flexibility index (Phi) is 8.48. The zero-order chi connectivity index (χ0) is 22.3. The Bertz CT molecular complexity index is 848. The molecule has 0 radical (unpaired) electrons. The number of carbonyl (C=O) groups is 2. The van der Waals surface area contributed by atoms with Crippen LogP contribution in [-0.4, -0.2) is 70.2 Å². The smallest absolute Gasteiger partial charge is 0.258 e. The molecule has 0 atom stereocenters. The SMILES string of the molecule is COc1cc(C(=O)NCC2CCN(S(C)(=O)=O)CC2)ccc1OCC(=O)NC(C)C. The van der Waals surface area contributed by atoms with Crippen molar-refractivity contribution in [2.45, 2.75) is 32.7 Å². The monoisotopic (exact) mass is 441 g/mol.